The third kappa shape index (κ3) is 4.15. The van der Waals surface area contributed by atoms with Crippen molar-refractivity contribution in [3.63, 3.8) is 0 Å². The molecule has 3 aromatic heterocycles. The normalized spacial score (nSPS) is 15.6. The lowest BCUT2D eigenvalue weighted by Gasteiger charge is -2.33. The maximum absolute atomic E-state index is 13.6. The Bertz CT molecular complexity index is 1820. The molecule has 5 heterocycles. The monoisotopic (exact) mass is 554 g/mol. The number of hydrogen-bond acceptors (Lipinski definition) is 9. The molecular formula is C30H30N6O5. The smallest absolute Gasteiger partial charge is 0.257 e. The largest absolute Gasteiger partial charge is 0.496 e. The Hall–Kier alpha value is -4.64. The molecule has 41 heavy (non-hydrogen) atoms. The molecule has 1 saturated heterocycles. The number of amides is 1. The summed E-state index contributed by atoms with van der Waals surface area (Å²) in [6.45, 7) is 7.49. The van der Waals surface area contributed by atoms with Gasteiger partial charge in [0.2, 0.25) is 0 Å². The first-order valence-electron chi connectivity index (χ1n) is 13.6. The number of aromatic nitrogens is 4. The molecule has 0 saturated carbocycles. The van der Waals surface area contributed by atoms with E-state index in [2.05, 4.69) is 22.1 Å². The van der Waals surface area contributed by atoms with Crippen LogP contribution in [-0.4, -0.2) is 89.4 Å². The molecular weight excluding hydrogens is 524 g/mol. The van der Waals surface area contributed by atoms with Gasteiger partial charge in [0, 0.05) is 53.8 Å². The molecule has 0 radical (unpaired) electrons. The van der Waals surface area contributed by atoms with Crippen LogP contribution in [0.4, 0.5) is 0 Å². The number of aromatic amines is 1. The first-order valence-corrected chi connectivity index (χ1v) is 13.6. The Morgan fingerprint density at radius 2 is 1.76 bits per heavy atom. The van der Waals surface area contributed by atoms with Crippen molar-refractivity contribution in [3.05, 3.63) is 47.6 Å². The highest BCUT2D eigenvalue weighted by molar-refractivity contribution is 6.14. The molecule has 1 N–H and O–H groups in total. The lowest BCUT2D eigenvalue weighted by Crippen LogP contribution is -2.47. The fourth-order valence-electron chi connectivity index (χ4n) is 5.74. The summed E-state index contributed by atoms with van der Waals surface area (Å²) in [4.78, 5) is 30.7. The van der Waals surface area contributed by atoms with E-state index in [0.29, 0.717) is 72.0 Å². The van der Waals surface area contributed by atoms with E-state index in [1.54, 1.807) is 13.3 Å². The van der Waals surface area contributed by atoms with E-state index in [1.807, 2.05) is 43.0 Å². The number of carbonyl (C=O) groups excluding carboxylic acids is 1. The number of nitrogens with zero attached hydrogens (tertiary/aromatic N) is 5. The number of H-pyrrole nitrogens is 1. The van der Waals surface area contributed by atoms with Crippen LogP contribution in [0, 0.1) is 13.8 Å². The van der Waals surface area contributed by atoms with E-state index >= 15 is 0 Å². The van der Waals surface area contributed by atoms with Crippen molar-refractivity contribution in [2.45, 2.75) is 13.8 Å². The van der Waals surface area contributed by atoms with Crippen molar-refractivity contribution >= 4 is 27.8 Å². The molecule has 2 aromatic carbocycles. The highest BCUT2D eigenvalue weighted by atomic mass is 16.6. The molecule has 0 bridgehead atoms. The van der Waals surface area contributed by atoms with Gasteiger partial charge in [0.15, 0.2) is 11.5 Å². The summed E-state index contributed by atoms with van der Waals surface area (Å²) >= 11 is 0. The van der Waals surface area contributed by atoms with Gasteiger partial charge in [-0.1, -0.05) is 5.16 Å². The van der Waals surface area contributed by atoms with Crippen molar-refractivity contribution in [3.8, 4) is 39.6 Å². The molecule has 11 heteroatoms. The number of nitrogens with one attached hydrogen (secondary N) is 1. The van der Waals surface area contributed by atoms with Crippen molar-refractivity contribution in [2.75, 3.05) is 53.6 Å². The minimum Gasteiger partial charge on any atom is -0.496 e. The number of piperazine rings is 1. The van der Waals surface area contributed by atoms with Crippen LogP contribution in [0.5, 0.6) is 17.2 Å². The Kier molecular flexibility index (Phi) is 6.04. The lowest BCUT2D eigenvalue weighted by molar-refractivity contribution is 0.0654. The van der Waals surface area contributed by atoms with Crippen LogP contribution in [0.25, 0.3) is 44.3 Å². The van der Waals surface area contributed by atoms with Crippen LogP contribution in [-0.2, 0) is 0 Å². The number of fused-ring (bicyclic) bond motifs is 4. The first kappa shape index (κ1) is 25.3. The van der Waals surface area contributed by atoms with Gasteiger partial charge in [0.25, 0.3) is 5.91 Å². The molecule has 0 unspecified atom stereocenters. The average Bonchev–Trinajstić information content (AvgIpc) is 3.57. The zero-order valence-electron chi connectivity index (χ0n) is 23.4. The van der Waals surface area contributed by atoms with Crippen LogP contribution >= 0.6 is 0 Å². The number of aryl methyl sites for hydroxylation is 2. The molecule has 7 rings (SSSR count). The number of likely N-dealkylation sites (N-methyl/N-ethyl adjacent to an activating group) is 1. The number of methoxy groups -OCH3 is 1. The van der Waals surface area contributed by atoms with Gasteiger partial charge in [-0.3, -0.25) is 4.79 Å². The van der Waals surface area contributed by atoms with Crippen LogP contribution in [0.15, 0.2) is 35.0 Å². The molecule has 0 spiro atoms. The molecule has 2 aliphatic rings. The fourth-order valence-corrected chi connectivity index (χ4v) is 5.74. The van der Waals surface area contributed by atoms with Crippen molar-refractivity contribution in [2.24, 2.45) is 0 Å². The molecule has 11 nitrogen and oxygen atoms in total. The van der Waals surface area contributed by atoms with E-state index in [-0.39, 0.29) is 5.91 Å². The number of rotatable bonds is 4. The lowest BCUT2D eigenvalue weighted by atomic mass is 9.99. The Morgan fingerprint density at radius 1 is 0.976 bits per heavy atom. The third-order valence-corrected chi connectivity index (χ3v) is 7.89. The molecule has 2 aliphatic heterocycles. The second-order valence-corrected chi connectivity index (χ2v) is 10.5. The molecule has 0 aliphatic carbocycles. The minimum atomic E-state index is -0.0520. The zero-order valence-corrected chi connectivity index (χ0v) is 23.4. The van der Waals surface area contributed by atoms with Gasteiger partial charge < -0.3 is 33.5 Å². The summed E-state index contributed by atoms with van der Waals surface area (Å²) in [5.74, 6) is 2.91. The van der Waals surface area contributed by atoms with Crippen molar-refractivity contribution < 1.29 is 23.5 Å². The Morgan fingerprint density at radius 3 is 2.49 bits per heavy atom. The summed E-state index contributed by atoms with van der Waals surface area (Å²) in [6.07, 6.45) is 1.69. The van der Waals surface area contributed by atoms with Crippen molar-refractivity contribution in [1.82, 2.24) is 29.9 Å². The topological polar surface area (TPSA) is 119 Å². The minimum absolute atomic E-state index is 0.0520. The summed E-state index contributed by atoms with van der Waals surface area (Å²) in [6, 6.07) is 7.73. The molecule has 1 amide bonds. The Balaban J connectivity index is 1.41. The van der Waals surface area contributed by atoms with Crippen molar-refractivity contribution in [1.29, 1.82) is 0 Å². The van der Waals surface area contributed by atoms with E-state index in [0.717, 1.165) is 46.1 Å². The summed E-state index contributed by atoms with van der Waals surface area (Å²) < 4.78 is 23.4. The standard InChI is InChI=1S/C30H30N6O5/c1-16-22(15-31-41-16)20-13-23-21(14-24(20)38-4)25-26(32-17(2)33-29(25)34-23)18-5-6-19(28-27(18)39-11-12-40-28)30(37)36-9-7-35(3)8-10-36/h5-6,13-15H,7-12H2,1-4H3,(H,32,33,34). The Labute approximate surface area is 236 Å². The quantitative estimate of drug-likeness (QED) is 0.348. The average molecular weight is 555 g/mol. The van der Waals surface area contributed by atoms with Crippen LogP contribution in [0.1, 0.15) is 21.9 Å². The molecule has 5 aromatic rings. The maximum atomic E-state index is 13.6. The predicted octanol–water partition coefficient (Wildman–Crippen LogP) is 4.22. The predicted molar refractivity (Wildman–Crippen MR) is 153 cm³/mol. The summed E-state index contributed by atoms with van der Waals surface area (Å²) in [5, 5.41) is 5.66. The number of hydrogen-bond donors (Lipinski definition) is 1. The first-order chi connectivity index (χ1) is 19.9. The van der Waals surface area contributed by atoms with Gasteiger partial charge in [-0.15, -0.1) is 0 Å². The number of benzene rings is 2. The second kappa shape index (κ2) is 9.77. The van der Waals surface area contributed by atoms with E-state index in [1.165, 1.54) is 0 Å². The van der Waals surface area contributed by atoms with Gasteiger partial charge in [0.1, 0.15) is 36.2 Å². The van der Waals surface area contributed by atoms with E-state index < -0.39 is 0 Å². The second-order valence-electron chi connectivity index (χ2n) is 10.5. The summed E-state index contributed by atoms with van der Waals surface area (Å²) in [5.41, 5.74) is 5.20. The highest BCUT2D eigenvalue weighted by Crippen LogP contribution is 2.46. The number of ether oxygens (including phenoxy) is 3. The van der Waals surface area contributed by atoms with Gasteiger partial charge in [-0.05, 0) is 45.2 Å². The van der Waals surface area contributed by atoms with Crippen LogP contribution in [0.2, 0.25) is 0 Å². The van der Waals surface area contributed by atoms with Crippen LogP contribution < -0.4 is 14.2 Å². The fraction of sp³-hybridized carbons (Fsp3) is 0.333. The van der Waals surface area contributed by atoms with Gasteiger partial charge >= 0.3 is 0 Å². The molecule has 0 atom stereocenters. The van der Waals surface area contributed by atoms with Crippen LogP contribution in [0.3, 0.4) is 0 Å². The van der Waals surface area contributed by atoms with E-state index in [9.17, 15) is 4.79 Å². The summed E-state index contributed by atoms with van der Waals surface area (Å²) in [7, 11) is 3.71. The van der Waals surface area contributed by atoms with Gasteiger partial charge in [-0.2, -0.15) is 0 Å². The maximum Gasteiger partial charge on any atom is 0.257 e. The third-order valence-electron chi connectivity index (χ3n) is 7.89. The van der Waals surface area contributed by atoms with Gasteiger partial charge in [-0.25, -0.2) is 9.97 Å². The SMILES string of the molecule is COc1cc2c(cc1-c1cnoc1C)[nH]c1nc(C)nc(-c3ccc(C(=O)N4CCN(C)CC4)c4c3OCCO4)c12. The number of carbonyl (C=O) groups is 1. The zero-order chi connectivity index (χ0) is 28.2. The van der Waals surface area contributed by atoms with E-state index in [4.69, 9.17) is 28.7 Å². The van der Waals surface area contributed by atoms with Gasteiger partial charge in [0.05, 0.1) is 30.0 Å². The molecule has 1 fully saturated rings. The highest BCUT2D eigenvalue weighted by Gasteiger charge is 2.30. The molecule has 210 valence electrons.